The summed E-state index contributed by atoms with van der Waals surface area (Å²) in [6, 6.07) is 3.67. The number of aryl methyl sites for hydroxylation is 1. The number of hydrogen-bond donors (Lipinski definition) is 1. The molecule has 0 unspecified atom stereocenters. The van der Waals surface area contributed by atoms with E-state index < -0.39 is 5.97 Å². The zero-order chi connectivity index (χ0) is 12.3. The second kappa shape index (κ2) is 5.05. The number of thiazole rings is 1. The normalized spacial score (nSPS) is 10.4. The molecular weight excluding hydrogens is 236 g/mol. The van der Waals surface area contributed by atoms with E-state index in [-0.39, 0.29) is 5.69 Å². The van der Waals surface area contributed by atoms with E-state index in [9.17, 15) is 4.79 Å². The van der Waals surface area contributed by atoms with Gasteiger partial charge < -0.3 is 5.11 Å². The van der Waals surface area contributed by atoms with Gasteiger partial charge in [0.2, 0.25) is 0 Å². The highest BCUT2D eigenvalue weighted by molar-refractivity contribution is 7.15. The van der Waals surface area contributed by atoms with E-state index in [0.717, 1.165) is 28.3 Å². The molecule has 0 saturated carbocycles. The molecule has 2 rings (SSSR count). The van der Waals surface area contributed by atoms with Crippen molar-refractivity contribution in [3.63, 3.8) is 0 Å². The first kappa shape index (κ1) is 11.7. The number of aromatic carboxylic acids is 1. The lowest BCUT2D eigenvalue weighted by atomic mass is 10.2. The molecule has 4 nitrogen and oxygen atoms in total. The molecule has 0 aliphatic rings. The molecule has 0 atom stereocenters. The SMILES string of the molecule is CCCc1sc(-c2ccncc2)nc1C(=O)O. The van der Waals surface area contributed by atoms with Crippen molar-refractivity contribution in [2.75, 3.05) is 0 Å². The summed E-state index contributed by atoms with van der Waals surface area (Å²) in [4.78, 5) is 20.0. The van der Waals surface area contributed by atoms with Gasteiger partial charge >= 0.3 is 5.97 Å². The minimum Gasteiger partial charge on any atom is -0.476 e. The van der Waals surface area contributed by atoms with E-state index in [2.05, 4.69) is 9.97 Å². The molecule has 5 heteroatoms. The summed E-state index contributed by atoms with van der Waals surface area (Å²) in [5.41, 5.74) is 1.10. The van der Waals surface area contributed by atoms with Gasteiger partial charge in [0.15, 0.2) is 5.69 Å². The van der Waals surface area contributed by atoms with Crippen molar-refractivity contribution >= 4 is 17.3 Å². The lowest BCUT2D eigenvalue weighted by Crippen LogP contribution is -2.00. The largest absolute Gasteiger partial charge is 0.476 e. The molecule has 0 radical (unpaired) electrons. The van der Waals surface area contributed by atoms with E-state index in [0.29, 0.717) is 0 Å². The average Bonchev–Trinajstić information content (AvgIpc) is 2.75. The molecule has 2 aromatic rings. The topological polar surface area (TPSA) is 63.1 Å². The molecule has 0 saturated heterocycles. The lowest BCUT2D eigenvalue weighted by Gasteiger charge is -1.92. The highest BCUT2D eigenvalue weighted by atomic mass is 32.1. The predicted molar refractivity (Wildman–Crippen MR) is 66.3 cm³/mol. The second-order valence-corrected chi connectivity index (χ2v) is 4.67. The molecule has 0 aliphatic carbocycles. The van der Waals surface area contributed by atoms with Gasteiger partial charge in [-0.25, -0.2) is 9.78 Å². The van der Waals surface area contributed by atoms with Crippen molar-refractivity contribution < 1.29 is 9.90 Å². The Morgan fingerprint density at radius 2 is 2.12 bits per heavy atom. The Hall–Kier alpha value is -1.75. The fourth-order valence-electron chi connectivity index (χ4n) is 1.53. The first-order chi connectivity index (χ1) is 8.22. The van der Waals surface area contributed by atoms with Crippen LogP contribution in [0, 0.1) is 0 Å². The maximum absolute atomic E-state index is 11.1. The molecule has 0 aromatic carbocycles. The van der Waals surface area contributed by atoms with E-state index in [4.69, 9.17) is 5.11 Å². The van der Waals surface area contributed by atoms with Gasteiger partial charge in [0.05, 0.1) is 0 Å². The van der Waals surface area contributed by atoms with Gasteiger partial charge in [0.1, 0.15) is 5.01 Å². The van der Waals surface area contributed by atoms with Crippen LogP contribution in [0.5, 0.6) is 0 Å². The number of nitrogens with zero attached hydrogens (tertiary/aromatic N) is 2. The Labute approximate surface area is 103 Å². The first-order valence-electron chi connectivity index (χ1n) is 5.35. The highest BCUT2D eigenvalue weighted by Gasteiger charge is 2.17. The molecule has 0 spiro atoms. The molecule has 2 heterocycles. The number of rotatable bonds is 4. The fourth-order valence-corrected chi connectivity index (χ4v) is 2.69. The Bertz CT molecular complexity index is 523. The van der Waals surface area contributed by atoms with Crippen LogP contribution in [-0.4, -0.2) is 21.0 Å². The van der Waals surface area contributed by atoms with E-state index in [1.807, 2.05) is 19.1 Å². The van der Waals surface area contributed by atoms with Crippen molar-refractivity contribution in [1.82, 2.24) is 9.97 Å². The van der Waals surface area contributed by atoms with Gasteiger partial charge in [-0.15, -0.1) is 11.3 Å². The van der Waals surface area contributed by atoms with Gasteiger partial charge in [0.25, 0.3) is 0 Å². The minimum atomic E-state index is -0.954. The summed E-state index contributed by atoms with van der Waals surface area (Å²) >= 11 is 1.45. The molecule has 0 bridgehead atoms. The molecule has 0 aliphatic heterocycles. The zero-order valence-electron chi connectivity index (χ0n) is 9.38. The number of carboxylic acid groups (broad SMARTS) is 1. The molecule has 1 N–H and O–H groups in total. The molecular formula is C12H12N2O2S. The maximum atomic E-state index is 11.1. The molecule has 88 valence electrons. The average molecular weight is 248 g/mol. The highest BCUT2D eigenvalue weighted by Crippen LogP contribution is 2.28. The van der Waals surface area contributed by atoms with Crippen molar-refractivity contribution in [3.8, 4) is 10.6 Å². The standard InChI is InChI=1S/C12H12N2O2S/c1-2-3-9-10(12(15)16)14-11(17-9)8-4-6-13-7-5-8/h4-7H,2-3H2,1H3,(H,15,16). The monoisotopic (exact) mass is 248 g/mol. The van der Waals surface area contributed by atoms with Crippen LogP contribution in [0.25, 0.3) is 10.6 Å². The summed E-state index contributed by atoms with van der Waals surface area (Å²) in [5.74, 6) is -0.954. The summed E-state index contributed by atoms with van der Waals surface area (Å²) < 4.78 is 0. The summed E-state index contributed by atoms with van der Waals surface area (Å²) in [5, 5.41) is 9.83. The number of hydrogen-bond acceptors (Lipinski definition) is 4. The third-order valence-corrected chi connectivity index (χ3v) is 3.47. The van der Waals surface area contributed by atoms with Crippen LogP contribution in [0.3, 0.4) is 0 Å². The molecule has 0 amide bonds. The summed E-state index contributed by atoms with van der Waals surface area (Å²) in [6.45, 7) is 2.03. The number of pyridine rings is 1. The zero-order valence-corrected chi connectivity index (χ0v) is 10.2. The Balaban J connectivity index is 2.44. The van der Waals surface area contributed by atoms with Crippen LogP contribution in [0.1, 0.15) is 28.7 Å². The Kier molecular flexibility index (Phi) is 3.49. The van der Waals surface area contributed by atoms with Crippen molar-refractivity contribution in [3.05, 3.63) is 35.1 Å². The van der Waals surface area contributed by atoms with Gasteiger partial charge in [-0.05, 0) is 18.6 Å². The van der Waals surface area contributed by atoms with E-state index in [1.165, 1.54) is 11.3 Å². The molecule has 0 fully saturated rings. The van der Waals surface area contributed by atoms with Gasteiger partial charge in [-0.1, -0.05) is 13.3 Å². The fraction of sp³-hybridized carbons (Fsp3) is 0.250. The third-order valence-electron chi connectivity index (χ3n) is 2.30. The van der Waals surface area contributed by atoms with Crippen LogP contribution < -0.4 is 0 Å². The third kappa shape index (κ3) is 2.50. The molecule has 17 heavy (non-hydrogen) atoms. The Morgan fingerprint density at radius 3 is 2.71 bits per heavy atom. The van der Waals surface area contributed by atoms with Crippen LogP contribution >= 0.6 is 11.3 Å². The lowest BCUT2D eigenvalue weighted by molar-refractivity contribution is 0.0690. The number of carboxylic acids is 1. The van der Waals surface area contributed by atoms with Crippen LogP contribution in [-0.2, 0) is 6.42 Å². The minimum absolute atomic E-state index is 0.184. The van der Waals surface area contributed by atoms with E-state index >= 15 is 0 Å². The van der Waals surface area contributed by atoms with Crippen LogP contribution in [0.15, 0.2) is 24.5 Å². The molecule has 2 aromatic heterocycles. The van der Waals surface area contributed by atoms with Crippen LogP contribution in [0.2, 0.25) is 0 Å². The van der Waals surface area contributed by atoms with Crippen LogP contribution in [0.4, 0.5) is 0 Å². The summed E-state index contributed by atoms with van der Waals surface area (Å²) in [6.07, 6.45) is 5.02. The van der Waals surface area contributed by atoms with Crippen molar-refractivity contribution in [2.45, 2.75) is 19.8 Å². The van der Waals surface area contributed by atoms with E-state index in [1.54, 1.807) is 12.4 Å². The predicted octanol–water partition coefficient (Wildman–Crippen LogP) is 2.86. The van der Waals surface area contributed by atoms with Gasteiger partial charge in [-0.3, -0.25) is 4.98 Å². The number of carbonyl (C=O) groups is 1. The Morgan fingerprint density at radius 1 is 1.41 bits per heavy atom. The second-order valence-electron chi connectivity index (χ2n) is 3.58. The maximum Gasteiger partial charge on any atom is 0.355 e. The smallest absolute Gasteiger partial charge is 0.355 e. The summed E-state index contributed by atoms with van der Waals surface area (Å²) in [7, 11) is 0. The quantitative estimate of drug-likeness (QED) is 0.903. The first-order valence-corrected chi connectivity index (χ1v) is 6.17. The number of aromatic nitrogens is 2. The van der Waals surface area contributed by atoms with Gasteiger partial charge in [-0.2, -0.15) is 0 Å². The van der Waals surface area contributed by atoms with Gasteiger partial charge in [0, 0.05) is 22.8 Å². The van der Waals surface area contributed by atoms with Crippen molar-refractivity contribution in [1.29, 1.82) is 0 Å². The van der Waals surface area contributed by atoms with Crippen molar-refractivity contribution in [2.24, 2.45) is 0 Å².